The second-order valence-electron chi connectivity index (χ2n) is 6.07. The highest BCUT2D eigenvalue weighted by Gasteiger charge is 2.05. The predicted octanol–water partition coefficient (Wildman–Crippen LogP) is 5.89. The van der Waals surface area contributed by atoms with E-state index in [1.54, 1.807) is 48.6 Å². The number of allylic oxidation sites excluding steroid dienone is 1. The molecule has 0 radical (unpaired) electrons. The van der Waals surface area contributed by atoms with Gasteiger partial charge in [-0.05, 0) is 47.5 Å². The van der Waals surface area contributed by atoms with Crippen LogP contribution in [0.4, 0.5) is 5.69 Å². The zero-order valence-electron chi connectivity index (χ0n) is 15.0. The molecule has 0 aliphatic heterocycles. The number of rotatable bonds is 6. The second-order valence-corrected chi connectivity index (χ2v) is 6.50. The van der Waals surface area contributed by atoms with Crippen LogP contribution in [0.25, 0.3) is 12.2 Å². The van der Waals surface area contributed by atoms with Crippen LogP contribution in [-0.2, 0) is 4.79 Å². The van der Waals surface area contributed by atoms with Gasteiger partial charge in [0.15, 0.2) is 5.78 Å². The molecule has 1 N–H and O–H groups in total. The molecule has 4 heteroatoms. The normalized spacial score (nSPS) is 11.0. The zero-order chi connectivity index (χ0) is 19.8. The summed E-state index contributed by atoms with van der Waals surface area (Å²) >= 11 is 5.95. The second kappa shape index (κ2) is 9.49. The monoisotopic (exact) mass is 387 g/mol. The van der Waals surface area contributed by atoms with Crippen molar-refractivity contribution < 1.29 is 9.59 Å². The first-order valence-corrected chi connectivity index (χ1v) is 9.10. The standard InChI is InChI=1S/C24H18ClNO2/c25-21-10-4-8-19(16-21)12-14-23(27)20-9-5-11-22(17-20)26-24(28)15-13-18-6-2-1-3-7-18/h1-17H,(H,26,28)/b14-12+,15-13?. The molecule has 3 nitrogen and oxygen atoms in total. The Morgan fingerprint density at radius 2 is 1.46 bits per heavy atom. The molecule has 0 unspecified atom stereocenters. The molecule has 0 spiro atoms. The molecule has 0 aromatic heterocycles. The van der Waals surface area contributed by atoms with E-state index in [-0.39, 0.29) is 11.7 Å². The lowest BCUT2D eigenvalue weighted by molar-refractivity contribution is -0.111. The summed E-state index contributed by atoms with van der Waals surface area (Å²) in [6, 6.07) is 23.6. The Morgan fingerprint density at radius 1 is 0.750 bits per heavy atom. The van der Waals surface area contributed by atoms with E-state index in [0.29, 0.717) is 16.3 Å². The van der Waals surface area contributed by atoms with Crippen molar-refractivity contribution in [2.45, 2.75) is 0 Å². The molecule has 0 saturated heterocycles. The van der Waals surface area contributed by atoms with E-state index in [4.69, 9.17) is 11.6 Å². The highest BCUT2D eigenvalue weighted by Crippen LogP contribution is 2.15. The van der Waals surface area contributed by atoms with Gasteiger partial charge in [-0.2, -0.15) is 0 Å². The van der Waals surface area contributed by atoms with Crippen molar-refractivity contribution >= 4 is 41.1 Å². The highest BCUT2D eigenvalue weighted by atomic mass is 35.5. The summed E-state index contributed by atoms with van der Waals surface area (Å²) < 4.78 is 0. The Bertz CT molecular complexity index is 1040. The molecule has 0 fully saturated rings. The van der Waals surface area contributed by atoms with Crippen LogP contribution in [-0.4, -0.2) is 11.7 Å². The number of carbonyl (C=O) groups is 2. The van der Waals surface area contributed by atoms with E-state index in [9.17, 15) is 9.59 Å². The van der Waals surface area contributed by atoms with E-state index in [1.807, 2.05) is 42.5 Å². The topological polar surface area (TPSA) is 46.2 Å². The molecule has 0 bridgehead atoms. The van der Waals surface area contributed by atoms with Crippen molar-refractivity contribution in [2.24, 2.45) is 0 Å². The third kappa shape index (κ3) is 5.79. The highest BCUT2D eigenvalue weighted by molar-refractivity contribution is 6.30. The Balaban J connectivity index is 1.65. The minimum Gasteiger partial charge on any atom is -0.322 e. The van der Waals surface area contributed by atoms with E-state index in [2.05, 4.69) is 5.32 Å². The summed E-state index contributed by atoms with van der Waals surface area (Å²) in [6.07, 6.45) is 6.39. The van der Waals surface area contributed by atoms with Gasteiger partial charge >= 0.3 is 0 Å². The maximum Gasteiger partial charge on any atom is 0.248 e. The van der Waals surface area contributed by atoms with E-state index >= 15 is 0 Å². The number of amides is 1. The summed E-state index contributed by atoms with van der Waals surface area (Å²) in [6.45, 7) is 0. The summed E-state index contributed by atoms with van der Waals surface area (Å²) in [7, 11) is 0. The largest absolute Gasteiger partial charge is 0.322 e. The van der Waals surface area contributed by atoms with Crippen LogP contribution in [0.1, 0.15) is 21.5 Å². The molecule has 0 atom stereocenters. The van der Waals surface area contributed by atoms with Gasteiger partial charge in [0.1, 0.15) is 0 Å². The van der Waals surface area contributed by atoms with Gasteiger partial charge in [0.25, 0.3) is 0 Å². The van der Waals surface area contributed by atoms with Crippen LogP contribution in [0.3, 0.4) is 0 Å². The fourth-order valence-electron chi connectivity index (χ4n) is 2.55. The Labute approximate surface area is 169 Å². The fourth-order valence-corrected chi connectivity index (χ4v) is 2.75. The van der Waals surface area contributed by atoms with Gasteiger partial charge in [0, 0.05) is 22.3 Å². The van der Waals surface area contributed by atoms with Crippen molar-refractivity contribution in [3.63, 3.8) is 0 Å². The van der Waals surface area contributed by atoms with Gasteiger partial charge in [-0.1, -0.05) is 72.3 Å². The van der Waals surface area contributed by atoms with Crippen LogP contribution >= 0.6 is 11.6 Å². The number of nitrogens with one attached hydrogen (secondary N) is 1. The van der Waals surface area contributed by atoms with Gasteiger partial charge in [0.05, 0.1) is 0 Å². The molecule has 3 aromatic carbocycles. The van der Waals surface area contributed by atoms with Gasteiger partial charge in [-0.25, -0.2) is 0 Å². The molecule has 0 saturated carbocycles. The SMILES string of the molecule is O=C(C=Cc1ccccc1)Nc1cccc(C(=O)/C=C/c2cccc(Cl)c2)c1. The fraction of sp³-hybridized carbons (Fsp3) is 0. The summed E-state index contributed by atoms with van der Waals surface area (Å²) in [5.74, 6) is -0.418. The van der Waals surface area contributed by atoms with Crippen LogP contribution in [0, 0.1) is 0 Å². The smallest absolute Gasteiger partial charge is 0.248 e. The van der Waals surface area contributed by atoms with Gasteiger partial charge in [0.2, 0.25) is 5.91 Å². The lowest BCUT2D eigenvalue weighted by atomic mass is 10.1. The van der Waals surface area contributed by atoms with Crippen molar-refractivity contribution in [1.82, 2.24) is 0 Å². The van der Waals surface area contributed by atoms with Crippen molar-refractivity contribution in [3.8, 4) is 0 Å². The number of ketones is 1. The number of carbonyl (C=O) groups excluding carboxylic acids is 2. The molecule has 1 amide bonds. The van der Waals surface area contributed by atoms with Gasteiger partial charge in [-0.15, -0.1) is 0 Å². The van der Waals surface area contributed by atoms with Crippen molar-refractivity contribution in [3.05, 3.63) is 113 Å². The first-order valence-electron chi connectivity index (χ1n) is 8.72. The van der Waals surface area contributed by atoms with E-state index in [1.165, 1.54) is 12.2 Å². The van der Waals surface area contributed by atoms with Crippen LogP contribution in [0.2, 0.25) is 5.02 Å². The molecule has 3 rings (SSSR count). The minimum absolute atomic E-state index is 0.157. The quantitative estimate of drug-likeness (QED) is 0.423. The molecule has 0 heterocycles. The number of anilines is 1. The lowest BCUT2D eigenvalue weighted by Crippen LogP contribution is -2.08. The third-order valence-electron chi connectivity index (χ3n) is 3.92. The van der Waals surface area contributed by atoms with Gasteiger partial charge in [-0.3, -0.25) is 9.59 Å². The molecule has 28 heavy (non-hydrogen) atoms. The maximum atomic E-state index is 12.4. The van der Waals surface area contributed by atoms with Crippen molar-refractivity contribution in [1.29, 1.82) is 0 Å². The third-order valence-corrected chi connectivity index (χ3v) is 4.15. The number of benzene rings is 3. The summed E-state index contributed by atoms with van der Waals surface area (Å²) in [5, 5.41) is 3.38. The van der Waals surface area contributed by atoms with Crippen LogP contribution < -0.4 is 5.32 Å². The predicted molar refractivity (Wildman–Crippen MR) is 115 cm³/mol. The van der Waals surface area contributed by atoms with Gasteiger partial charge < -0.3 is 5.32 Å². The van der Waals surface area contributed by atoms with Crippen LogP contribution in [0.15, 0.2) is 91.0 Å². The van der Waals surface area contributed by atoms with E-state index in [0.717, 1.165) is 11.1 Å². The lowest BCUT2D eigenvalue weighted by Gasteiger charge is -2.04. The molecule has 0 aliphatic rings. The Hall–Kier alpha value is -3.43. The molecule has 0 aliphatic carbocycles. The summed E-state index contributed by atoms with van der Waals surface area (Å²) in [5.41, 5.74) is 2.83. The van der Waals surface area contributed by atoms with E-state index < -0.39 is 0 Å². The van der Waals surface area contributed by atoms with Crippen LogP contribution in [0.5, 0.6) is 0 Å². The Kier molecular flexibility index (Phi) is 6.55. The Morgan fingerprint density at radius 3 is 2.25 bits per heavy atom. The van der Waals surface area contributed by atoms with Crippen molar-refractivity contribution in [2.75, 3.05) is 5.32 Å². The molecular formula is C24H18ClNO2. The number of hydrogen-bond acceptors (Lipinski definition) is 2. The molecule has 138 valence electrons. The zero-order valence-corrected chi connectivity index (χ0v) is 15.8. The number of hydrogen-bond donors (Lipinski definition) is 1. The summed E-state index contributed by atoms with van der Waals surface area (Å²) in [4.78, 5) is 24.5. The minimum atomic E-state index is -0.261. The first kappa shape index (κ1) is 19.3. The average Bonchev–Trinajstić information content (AvgIpc) is 2.71. The maximum absolute atomic E-state index is 12.4. The first-order chi connectivity index (χ1) is 13.6. The average molecular weight is 388 g/mol. The molecular weight excluding hydrogens is 370 g/mol. The number of halogens is 1. The molecule has 3 aromatic rings.